The number of aromatic hydroxyl groups is 1. The van der Waals surface area contributed by atoms with Crippen molar-refractivity contribution in [2.24, 2.45) is 11.8 Å². The first kappa shape index (κ1) is 25.3. The molecule has 0 radical (unpaired) electrons. The van der Waals surface area contributed by atoms with Crippen LogP contribution in [0.3, 0.4) is 0 Å². The molecule has 2 aliphatic rings. The molecule has 8 heteroatoms. The maximum absolute atomic E-state index is 13.3. The second kappa shape index (κ2) is 12.2. The second-order valence-electron chi connectivity index (χ2n) is 9.48. The van der Waals surface area contributed by atoms with Gasteiger partial charge in [0.1, 0.15) is 5.75 Å². The molecular formula is C27H37N3O5. The summed E-state index contributed by atoms with van der Waals surface area (Å²) < 4.78 is 16.2. The number of benzene rings is 2. The number of carbonyl (C=O) groups is 1. The Hall–Kier alpha value is -2.81. The summed E-state index contributed by atoms with van der Waals surface area (Å²) >= 11 is 0. The smallest absolute Gasteiger partial charge is 0.224 e. The van der Waals surface area contributed by atoms with Crippen molar-refractivity contribution in [3.63, 3.8) is 0 Å². The molecule has 2 aliphatic heterocycles. The van der Waals surface area contributed by atoms with E-state index in [0.29, 0.717) is 24.0 Å². The first-order valence-electron chi connectivity index (χ1n) is 12.3. The van der Waals surface area contributed by atoms with Gasteiger partial charge in [0.25, 0.3) is 0 Å². The Morgan fingerprint density at radius 3 is 2.43 bits per heavy atom. The van der Waals surface area contributed by atoms with Crippen molar-refractivity contribution in [1.82, 2.24) is 15.1 Å². The Kier molecular flexibility index (Phi) is 8.84. The van der Waals surface area contributed by atoms with Gasteiger partial charge in [-0.1, -0.05) is 18.2 Å². The van der Waals surface area contributed by atoms with Gasteiger partial charge >= 0.3 is 0 Å². The van der Waals surface area contributed by atoms with E-state index in [1.807, 2.05) is 30.3 Å². The highest BCUT2D eigenvalue weighted by atomic mass is 16.5. The van der Waals surface area contributed by atoms with Gasteiger partial charge in [-0.2, -0.15) is 0 Å². The summed E-state index contributed by atoms with van der Waals surface area (Å²) in [6.45, 7) is 7.32. The van der Waals surface area contributed by atoms with Crippen LogP contribution in [0.5, 0.6) is 17.2 Å². The molecule has 2 aromatic carbocycles. The highest BCUT2D eigenvalue weighted by Gasteiger charge is 2.32. The Balaban J connectivity index is 1.40. The fourth-order valence-corrected chi connectivity index (χ4v) is 5.09. The van der Waals surface area contributed by atoms with Crippen molar-refractivity contribution >= 4 is 5.91 Å². The summed E-state index contributed by atoms with van der Waals surface area (Å²) in [6, 6.07) is 13.0. The van der Waals surface area contributed by atoms with Gasteiger partial charge in [0.2, 0.25) is 5.91 Å². The minimum atomic E-state index is -0.0768. The van der Waals surface area contributed by atoms with E-state index in [4.69, 9.17) is 14.2 Å². The number of ether oxygens (including phenoxy) is 3. The lowest BCUT2D eigenvalue weighted by Gasteiger charge is -2.40. The molecule has 0 unspecified atom stereocenters. The fourth-order valence-electron chi connectivity index (χ4n) is 5.09. The summed E-state index contributed by atoms with van der Waals surface area (Å²) in [6.07, 6.45) is 0.876. The van der Waals surface area contributed by atoms with Crippen LogP contribution in [0, 0.1) is 11.8 Å². The van der Waals surface area contributed by atoms with Crippen molar-refractivity contribution in [2.75, 3.05) is 60.2 Å². The number of methoxy groups -OCH3 is 2. The van der Waals surface area contributed by atoms with Crippen molar-refractivity contribution in [3.8, 4) is 17.2 Å². The zero-order valence-electron chi connectivity index (χ0n) is 20.7. The molecule has 2 fully saturated rings. The molecular weight excluding hydrogens is 446 g/mol. The van der Waals surface area contributed by atoms with Crippen molar-refractivity contribution in [3.05, 3.63) is 53.6 Å². The number of phenolic OH excluding ortho intramolecular Hbond substituents is 1. The zero-order valence-corrected chi connectivity index (χ0v) is 20.7. The van der Waals surface area contributed by atoms with Gasteiger partial charge in [0.05, 0.1) is 33.4 Å². The summed E-state index contributed by atoms with van der Waals surface area (Å²) in [5, 5.41) is 12.8. The van der Waals surface area contributed by atoms with Crippen LogP contribution in [0.15, 0.2) is 42.5 Å². The van der Waals surface area contributed by atoms with E-state index < -0.39 is 0 Å². The van der Waals surface area contributed by atoms with Crippen molar-refractivity contribution < 1.29 is 24.1 Å². The minimum Gasteiger partial charge on any atom is -0.508 e. The number of nitrogens with zero attached hydrogens (tertiary/aromatic N) is 2. The maximum Gasteiger partial charge on any atom is 0.224 e. The minimum absolute atomic E-state index is 0.0768. The molecule has 0 saturated carbocycles. The molecule has 0 bridgehead atoms. The molecule has 0 aliphatic carbocycles. The van der Waals surface area contributed by atoms with Crippen LogP contribution in [0.25, 0.3) is 0 Å². The first-order valence-corrected chi connectivity index (χ1v) is 12.3. The molecule has 2 N–H and O–H groups in total. The monoisotopic (exact) mass is 483 g/mol. The summed E-state index contributed by atoms with van der Waals surface area (Å²) in [7, 11) is 3.22. The second-order valence-corrected chi connectivity index (χ2v) is 9.48. The summed E-state index contributed by atoms with van der Waals surface area (Å²) in [4.78, 5) is 18.1. The Bertz CT molecular complexity index is 962. The van der Waals surface area contributed by atoms with E-state index in [1.165, 1.54) is 0 Å². The van der Waals surface area contributed by atoms with Crippen LogP contribution in [0.4, 0.5) is 0 Å². The SMILES string of the molecule is COc1ccc(CNC(=O)[C@@H]2C[C@H](CN3CCOCC3)CN(Cc3ccc(O)cc3)C2)cc1OC. The first-order chi connectivity index (χ1) is 17.0. The summed E-state index contributed by atoms with van der Waals surface area (Å²) in [5.74, 6) is 2.02. The normalized spacial score (nSPS) is 21.4. The molecule has 190 valence electrons. The van der Waals surface area contributed by atoms with Crippen LogP contribution in [0.1, 0.15) is 17.5 Å². The van der Waals surface area contributed by atoms with Gasteiger partial charge < -0.3 is 24.6 Å². The highest BCUT2D eigenvalue weighted by molar-refractivity contribution is 5.79. The number of phenols is 1. The number of amides is 1. The average molecular weight is 484 g/mol. The van der Waals surface area contributed by atoms with E-state index in [0.717, 1.165) is 70.0 Å². The number of likely N-dealkylation sites (tertiary alicyclic amines) is 1. The van der Waals surface area contributed by atoms with E-state index in [-0.39, 0.29) is 17.6 Å². The molecule has 2 atom stereocenters. The maximum atomic E-state index is 13.3. The molecule has 2 aromatic rings. The molecule has 1 amide bonds. The largest absolute Gasteiger partial charge is 0.508 e. The standard InChI is InChI=1S/C27H37N3O5/c1-33-25-8-5-21(14-26(25)34-2)15-28-27(32)23-13-22(17-29-9-11-35-12-10-29)18-30(19-23)16-20-3-6-24(31)7-4-20/h3-8,14,22-23,31H,9-13,15-19H2,1-2H3,(H,28,32)/t22-,23-/m1/s1. The molecule has 2 saturated heterocycles. The highest BCUT2D eigenvalue weighted by Crippen LogP contribution is 2.28. The van der Waals surface area contributed by atoms with Gasteiger partial charge in [-0.15, -0.1) is 0 Å². The van der Waals surface area contributed by atoms with Gasteiger partial charge in [0, 0.05) is 45.8 Å². The molecule has 0 aromatic heterocycles. The van der Waals surface area contributed by atoms with E-state index in [9.17, 15) is 9.90 Å². The van der Waals surface area contributed by atoms with Gasteiger partial charge in [-0.05, 0) is 47.7 Å². The van der Waals surface area contributed by atoms with Crippen molar-refractivity contribution in [1.29, 1.82) is 0 Å². The molecule has 0 spiro atoms. The lowest BCUT2D eigenvalue weighted by Crippen LogP contribution is -2.49. The molecule has 2 heterocycles. The predicted molar refractivity (Wildman–Crippen MR) is 134 cm³/mol. The fraction of sp³-hybridized carbons (Fsp3) is 0.519. The van der Waals surface area contributed by atoms with E-state index in [2.05, 4.69) is 15.1 Å². The van der Waals surface area contributed by atoms with Crippen LogP contribution in [-0.2, 0) is 22.6 Å². The van der Waals surface area contributed by atoms with E-state index >= 15 is 0 Å². The Morgan fingerprint density at radius 2 is 1.71 bits per heavy atom. The van der Waals surface area contributed by atoms with Gasteiger partial charge in [-0.25, -0.2) is 0 Å². The number of hydrogen-bond acceptors (Lipinski definition) is 7. The van der Waals surface area contributed by atoms with Crippen LogP contribution >= 0.6 is 0 Å². The van der Waals surface area contributed by atoms with Gasteiger partial charge in [0.15, 0.2) is 11.5 Å². The quantitative estimate of drug-likeness (QED) is 0.567. The third-order valence-corrected chi connectivity index (χ3v) is 6.86. The lowest BCUT2D eigenvalue weighted by atomic mass is 9.87. The topological polar surface area (TPSA) is 83.5 Å². The Labute approximate surface area is 207 Å². The van der Waals surface area contributed by atoms with Gasteiger partial charge in [-0.3, -0.25) is 14.6 Å². The molecule has 35 heavy (non-hydrogen) atoms. The lowest BCUT2D eigenvalue weighted by molar-refractivity contribution is -0.128. The predicted octanol–water partition coefficient (Wildman–Crippen LogP) is 2.50. The number of morpholine rings is 1. The third-order valence-electron chi connectivity index (χ3n) is 6.86. The number of rotatable bonds is 9. The molecule has 8 nitrogen and oxygen atoms in total. The Morgan fingerprint density at radius 1 is 1.00 bits per heavy atom. The summed E-state index contributed by atoms with van der Waals surface area (Å²) in [5.41, 5.74) is 2.11. The third kappa shape index (κ3) is 7.10. The number of carbonyl (C=O) groups excluding carboxylic acids is 1. The zero-order chi connectivity index (χ0) is 24.6. The van der Waals surface area contributed by atoms with Crippen molar-refractivity contribution in [2.45, 2.75) is 19.5 Å². The molecule has 4 rings (SSSR count). The van der Waals surface area contributed by atoms with E-state index in [1.54, 1.807) is 26.4 Å². The number of nitrogens with one attached hydrogen (secondary N) is 1. The van der Waals surface area contributed by atoms with Crippen LogP contribution < -0.4 is 14.8 Å². The number of piperidine rings is 1. The number of hydrogen-bond donors (Lipinski definition) is 2. The van der Waals surface area contributed by atoms with Crippen LogP contribution in [0.2, 0.25) is 0 Å². The average Bonchev–Trinajstić information content (AvgIpc) is 2.89. The van der Waals surface area contributed by atoms with Crippen LogP contribution in [-0.4, -0.2) is 81.0 Å².